The summed E-state index contributed by atoms with van der Waals surface area (Å²) in [7, 11) is 0. The number of carboxylic acid groups (broad SMARTS) is 1. The number of hydrogen-bond acceptors (Lipinski definition) is 3. The number of piperidine rings is 1. The lowest BCUT2D eigenvalue weighted by Crippen LogP contribution is -2.49. The molecule has 1 aromatic carbocycles. The molecule has 4 heteroatoms. The van der Waals surface area contributed by atoms with Gasteiger partial charge >= 0.3 is 5.97 Å². The summed E-state index contributed by atoms with van der Waals surface area (Å²) < 4.78 is 0. The molecule has 0 amide bonds. The van der Waals surface area contributed by atoms with Crippen molar-refractivity contribution in [2.45, 2.75) is 38.0 Å². The lowest BCUT2D eigenvalue weighted by atomic mass is 9.95. The van der Waals surface area contributed by atoms with E-state index in [1.54, 1.807) is 0 Å². The molecule has 98 valence electrons. The standard InChI is InChI=1S/C14H19NO3/c1-10(11-5-3-2-4-6-11)15-8-7-12(16)9-13(15)14(17)18/h2-6,10,12-13,16H,7-9H2,1H3,(H,17,18)/t10-,12?,13?/m1/s1. The maximum atomic E-state index is 11.3. The summed E-state index contributed by atoms with van der Waals surface area (Å²) in [6.07, 6.45) is 0.457. The third kappa shape index (κ3) is 2.71. The number of carboxylic acids is 1. The van der Waals surface area contributed by atoms with Gasteiger partial charge in [-0.2, -0.15) is 0 Å². The highest BCUT2D eigenvalue weighted by Gasteiger charge is 2.35. The Morgan fingerprint density at radius 3 is 2.67 bits per heavy atom. The number of aliphatic hydroxyl groups excluding tert-OH is 1. The minimum atomic E-state index is -0.850. The first-order chi connectivity index (χ1) is 8.59. The number of carbonyl (C=O) groups is 1. The minimum Gasteiger partial charge on any atom is -0.480 e. The minimum absolute atomic E-state index is 0.0554. The van der Waals surface area contributed by atoms with Crippen LogP contribution in [-0.4, -0.2) is 39.8 Å². The average molecular weight is 249 g/mol. The summed E-state index contributed by atoms with van der Waals surface area (Å²) in [6.45, 7) is 2.64. The number of likely N-dealkylation sites (tertiary alicyclic amines) is 1. The van der Waals surface area contributed by atoms with Crippen LogP contribution in [0.5, 0.6) is 0 Å². The molecule has 0 radical (unpaired) electrons. The van der Waals surface area contributed by atoms with Crippen molar-refractivity contribution in [3.63, 3.8) is 0 Å². The Morgan fingerprint density at radius 2 is 2.06 bits per heavy atom. The van der Waals surface area contributed by atoms with Crippen LogP contribution < -0.4 is 0 Å². The molecule has 2 rings (SSSR count). The Hall–Kier alpha value is -1.39. The van der Waals surface area contributed by atoms with Gasteiger partial charge in [0.1, 0.15) is 6.04 Å². The fourth-order valence-electron chi connectivity index (χ4n) is 2.59. The van der Waals surface area contributed by atoms with E-state index in [-0.39, 0.29) is 6.04 Å². The number of rotatable bonds is 3. The van der Waals surface area contributed by atoms with Crippen molar-refractivity contribution >= 4 is 5.97 Å². The number of hydrogen-bond donors (Lipinski definition) is 2. The summed E-state index contributed by atoms with van der Waals surface area (Å²) in [5.41, 5.74) is 1.11. The normalized spacial score (nSPS) is 26.8. The summed E-state index contributed by atoms with van der Waals surface area (Å²) in [6, 6.07) is 9.35. The fourth-order valence-corrected chi connectivity index (χ4v) is 2.59. The lowest BCUT2D eigenvalue weighted by molar-refractivity contribution is -0.148. The van der Waals surface area contributed by atoms with Crippen molar-refractivity contribution in [1.82, 2.24) is 4.90 Å². The van der Waals surface area contributed by atoms with Gasteiger partial charge in [-0.3, -0.25) is 9.69 Å². The van der Waals surface area contributed by atoms with E-state index in [1.165, 1.54) is 0 Å². The zero-order valence-electron chi connectivity index (χ0n) is 10.5. The van der Waals surface area contributed by atoms with Crippen molar-refractivity contribution < 1.29 is 15.0 Å². The number of aliphatic carboxylic acids is 1. The van der Waals surface area contributed by atoms with Crippen LogP contribution in [0.15, 0.2) is 30.3 Å². The molecule has 2 N–H and O–H groups in total. The highest BCUT2D eigenvalue weighted by molar-refractivity contribution is 5.73. The van der Waals surface area contributed by atoms with Gasteiger partial charge in [0.2, 0.25) is 0 Å². The van der Waals surface area contributed by atoms with Gasteiger partial charge in [0.05, 0.1) is 6.10 Å². The molecule has 2 unspecified atom stereocenters. The van der Waals surface area contributed by atoms with Gasteiger partial charge in [-0.05, 0) is 25.3 Å². The quantitative estimate of drug-likeness (QED) is 0.855. The van der Waals surface area contributed by atoms with E-state index >= 15 is 0 Å². The van der Waals surface area contributed by atoms with Gasteiger partial charge in [-0.1, -0.05) is 30.3 Å². The Labute approximate surface area is 107 Å². The molecule has 4 nitrogen and oxygen atoms in total. The van der Waals surface area contributed by atoms with E-state index in [0.29, 0.717) is 19.4 Å². The van der Waals surface area contributed by atoms with Gasteiger partial charge in [0.25, 0.3) is 0 Å². The molecule has 1 aliphatic rings. The van der Waals surface area contributed by atoms with E-state index in [9.17, 15) is 15.0 Å². The molecule has 0 spiro atoms. The first-order valence-electron chi connectivity index (χ1n) is 6.31. The Morgan fingerprint density at radius 1 is 1.39 bits per heavy atom. The van der Waals surface area contributed by atoms with Crippen molar-refractivity contribution in [2.24, 2.45) is 0 Å². The maximum absolute atomic E-state index is 11.3. The van der Waals surface area contributed by atoms with Crippen LogP contribution >= 0.6 is 0 Å². The van der Waals surface area contributed by atoms with Crippen LogP contribution in [-0.2, 0) is 4.79 Å². The second-order valence-electron chi connectivity index (χ2n) is 4.86. The predicted octanol–water partition coefficient (Wildman–Crippen LogP) is 1.66. The molecule has 0 aliphatic carbocycles. The van der Waals surface area contributed by atoms with Gasteiger partial charge in [0.15, 0.2) is 0 Å². The lowest BCUT2D eigenvalue weighted by Gasteiger charge is -2.39. The van der Waals surface area contributed by atoms with Crippen LogP contribution in [0.3, 0.4) is 0 Å². The van der Waals surface area contributed by atoms with Gasteiger partial charge in [0, 0.05) is 12.6 Å². The van der Waals surface area contributed by atoms with E-state index in [4.69, 9.17) is 0 Å². The summed E-state index contributed by atoms with van der Waals surface area (Å²) in [5.74, 6) is -0.850. The molecular formula is C14H19NO3. The summed E-state index contributed by atoms with van der Waals surface area (Å²) >= 11 is 0. The zero-order valence-corrected chi connectivity index (χ0v) is 10.5. The van der Waals surface area contributed by atoms with Crippen LogP contribution in [0.1, 0.15) is 31.4 Å². The van der Waals surface area contributed by atoms with E-state index in [0.717, 1.165) is 5.56 Å². The fraction of sp³-hybridized carbons (Fsp3) is 0.500. The molecule has 1 aromatic rings. The largest absolute Gasteiger partial charge is 0.480 e. The molecule has 1 saturated heterocycles. The second kappa shape index (κ2) is 5.50. The second-order valence-corrected chi connectivity index (χ2v) is 4.86. The first-order valence-corrected chi connectivity index (χ1v) is 6.31. The van der Waals surface area contributed by atoms with Gasteiger partial charge in [-0.15, -0.1) is 0 Å². The molecule has 0 aromatic heterocycles. The summed E-state index contributed by atoms with van der Waals surface area (Å²) in [4.78, 5) is 13.3. The number of aliphatic hydroxyl groups is 1. The van der Waals surface area contributed by atoms with Gasteiger partial charge < -0.3 is 10.2 Å². The molecular weight excluding hydrogens is 230 g/mol. The van der Waals surface area contributed by atoms with Crippen molar-refractivity contribution in [3.05, 3.63) is 35.9 Å². The summed E-state index contributed by atoms with van der Waals surface area (Å²) in [5, 5.41) is 18.9. The Bertz CT molecular complexity index is 407. The van der Waals surface area contributed by atoms with Crippen LogP contribution in [0.4, 0.5) is 0 Å². The zero-order chi connectivity index (χ0) is 13.1. The molecule has 18 heavy (non-hydrogen) atoms. The van der Waals surface area contributed by atoms with Crippen molar-refractivity contribution in [3.8, 4) is 0 Å². The van der Waals surface area contributed by atoms with E-state index < -0.39 is 18.1 Å². The molecule has 1 fully saturated rings. The van der Waals surface area contributed by atoms with Gasteiger partial charge in [-0.25, -0.2) is 0 Å². The van der Waals surface area contributed by atoms with Crippen molar-refractivity contribution in [2.75, 3.05) is 6.54 Å². The molecule has 1 aliphatic heterocycles. The van der Waals surface area contributed by atoms with Crippen molar-refractivity contribution in [1.29, 1.82) is 0 Å². The maximum Gasteiger partial charge on any atom is 0.321 e. The third-order valence-corrected chi connectivity index (χ3v) is 3.68. The molecule has 0 bridgehead atoms. The Balaban J connectivity index is 2.17. The predicted molar refractivity (Wildman–Crippen MR) is 68.2 cm³/mol. The molecule has 3 atom stereocenters. The number of benzene rings is 1. The van der Waals surface area contributed by atoms with Crippen LogP contribution in [0.2, 0.25) is 0 Å². The average Bonchev–Trinajstić information content (AvgIpc) is 2.39. The van der Waals surface area contributed by atoms with Crippen LogP contribution in [0.25, 0.3) is 0 Å². The SMILES string of the molecule is C[C@H](c1ccccc1)N1CCC(O)CC1C(=O)O. The molecule has 1 heterocycles. The Kier molecular flexibility index (Phi) is 3.99. The van der Waals surface area contributed by atoms with E-state index in [1.807, 2.05) is 42.2 Å². The van der Waals surface area contributed by atoms with E-state index in [2.05, 4.69) is 0 Å². The number of nitrogens with zero attached hydrogens (tertiary/aromatic N) is 1. The highest BCUT2D eigenvalue weighted by Crippen LogP contribution is 2.28. The molecule has 0 saturated carbocycles. The first kappa shape index (κ1) is 13.1. The topological polar surface area (TPSA) is 60.8 Å². The highest BCUT2D eigenvalue weighted by atomic mass is 16.4. The smallest absolute Gasteiger partial charge is 0.321 e. The third-order valence-electron chi connectivity index (χ3n) is 3.68. The van der Waals surface area contributed by atoms with Crippen LogP contribution in [0, 0.1) is 0 Å². The monoisotopic (exact) mass is 249 g/mol.